The first-order valence-corrected chi connectivity index (χ1v) is 9.75. The molecule has 25 heavy (non-hydrogen) atoms. The summed E-state index contributed by atoms with van der Waals surface area (Å²) in [6, 6.07) is 3.94. The van der Waals surface area contributed by atoms with Gasteiger partial charge >= 0.3 is 0 Å². The minimum atomic E-state index is -0.225. The Morgan fingerprint density at radius 2 is 2.20 bits per heavy atom. The molecule has 0 radical (unpaired) electrons. The monoisotopic (exact) mass is 362 g/mol. The van der Waals surface area contributed by atoms with Gasteiger partial charge in [0.15, 0.2) is 16.7 Å². The Labute approximate surface area is 152 Å². The zero-order valence-electron chi connectivity index (χ0n) is 15.2. The lowest BCUT2D eigenvalue weighted by atomic mass is 9.78. The number of carbonyl (C=O) groups excluding carboxylic acids is 1. The summed E-state index contributed by atoms with van der Waals surface area (Å²) in [5.74, 6) is 2.59. The molecule has 7 heteroatoms. The number of thioether (sulfide) groups is 1. The zero-order chi connectivity index (χ0) is 18.0. The van der Waals surface area contributed by atoms with Crippen LogP contribution in [-0.2, 0) is 11.8 Å². The fourth-order valence-corrected chi connectivity index (χ4v) is 4.16. The Balaban J connectivity index is 1.62. The van der Waals surface area contributed by atoms with Gasteiger partial charge in [-0.25, -0.2) is 0 Å². The van der Waals surface area contributed by atoms with Gasteiger partial charge in [-0.1, -0.05) is 38.5 Å². The maximum absolute atomic E-state index is 12.6. The second-order valence-electron chi connectivity index (χ2n) is 6.98. The van der Waals surface area contributed by atoms with E-state index in [1.54, 1.807) is 6.26 Å². The van der Waals surface area contributed by atoms with E-state index in [1.807, 2.05) is 30.7 Å². The molecule has 1 aliphatic rings. The van der Waals surface area contributed by atoms with Crippen molar-refractivity contribution < 1.29 is 9.21 Å². The molecule has 1 saturated carbocycles. The third-order valence-electron chi connectivity index (χ3n) is 5.26. The lowest BCUT2D eigenvalue weighted by molar-refractivity contribution is -0.121. The van der Waals surface area contributed by atoms with Crippen molar-refractivity contribution in [2.45, 2.75) is 56.5 Å². The Bertz CT molecular complexity index is 713. The smallest absolute Gasteiger partial charge is 0.233 e. The zero-order valence-corrected chi connectivity index (χ0v) is 16.0. The van der Waals surface area contributed by atoms with Gasteiger partial charge in [-0.2, -0.15) is 0 Å². The van der Waals surface area contributed by atoms with Crippen molar-refractivity contribution in [3.05, 3.63) is 18.4 Å². The summed E-state index contributed by atoms with van der Waals surface area (Å²) in [6.07, 6.45) is 5.13. The van der Waals surface area contributed by atoms with Crippen LogP contribution in [0.15, 0.2) is 28.0 Å². The first kappa shape index (κ1) is 18.0. The summed E-state index contributed by atoms with van der Waals surface area (Å²) in [6.45, 7) is 6.43. The Morgan fingerprint density at radius 1 is 1.40 bits per heavy atom. The van der Waals surface area contributed by atoms with Crippen LogP contribution in [0.1, 0.15) is 40.0 Å². The van der Waals surface area contributed by atoms with Crippen LogP contribution in [0.5, 0.6) is 0 Å². The second kappa shape index (κ2) is 7.64. The number of furan rings is 1. The lowest BCUT2D eigenvalue weighted by Gasteiger charge is -2.35. The molecule has 136 valence electrons. The predicted octanol–water partition coefficient (Wildman–Crippen LogP) is 3.50. The van der Waals surface area contributed by atoms with E-state index in [2.05, 4.69) is 29.4 Å². The van der Waals surface area contributed by atoms with Crippen molar-refractivity contribution in [2.24, 2.45) is 18.9 Å². The average Bonchev–Trinajstić information content (AvgIpc) is 3.22. The van der Waals surface area contributed by atoms with Crippen molar-refractivity contribution in [1.82, 2.24) is 20.1 Å². The minimum absolute atomic E-state index is 0.0681. The van der Waals surface area contributed by atoms with Crippen molar-refractivity contribution >= 4 is 17.7 Å². The number of amides is 1. The van der Waals surface area contributed by atoms with E-state index in [0.717, 1.165) is 6.42 Å². The Kier molecular flexibility index (Phi) is 5.51. The van der Waals surface area contributed by atoms with E-state index in [1.165, 1.54) is 24.6 Å². The molecular weight excluding hydrogens is 336 g/mol. The minimum Gasteiger partial charge on any atom is -0.461 e. The Morgan fingerprint density at radius 3 is 2.92 bits per heavy atom. The van der Waals surface area contributed by atoms with Crippen LogP contribution in [0.4, 0.5) is 0 Å². The summed E-state index contributed by atoms with van der Waals surface area (Å²) in [4.78, 5) is 12.6. The number of nitrogens with zero attached hydrogens (tertiary/aromatic N) is 3. The summed E-state index contributed by atoms with van der Waals surface area (Å²) < 4.78 is 7.24. The van der Waals surface area contributed by atoms with Crippen LogP contribution in [0, 0.1) is 11.8 Å². The fourth-order valence-electron chi connectivity index (χ4n) is 3.34. The molecule has 0 spiro atoms. The largest absolute Gasteiger partial charge is 0.461 e. The molecule has 1 aliphatic carbocycles. The van der Waals surface area contributed by atoms with Gasteiger partial charge in [-0.3, -0.25) is 4.79 Å². The predicted molar refractivity (Wildman–Crippen MR) is 98.1 cm³/mol. The molecule has 2 aromatic heterocycles. The van der Waals surface area contributed by atoms with Gasteiger partial charge in [0.25, 0.3) is 0 Å². The van der Waals surface area contributed by atoms with Crippen molar-refractivity contribution in [3.63, 3.8) is 0 Å². The van der Waals surface area contributed by atoms with E-state index in [-0.39, 0.29) is 17.2 Å². The number of aromatic nitrogens is 3. The average molecular weight is 362 g/mol. The van der Waals surface area contributed by atoms with Crippen molar-refractivity contribution in [1.29, 1.82) is 0 Å². The second-order valence-corrected chi connectivity index (χ2v) is 8.29. The molecule has 3 rings (SSSR count). The molecule has 1 amide bonds. The van der Waals surface area contributed by atoms with Crippen LogP contribution in [-0.4, -0.2) is 32.0 Å². The van der Waals surface area contributed by atoms with Crippen LogP contribution in [0.25, 0.3) is 11.6 Å². The number of nitrogens with one attached hydrogen (secondary N) is 1. The highest BCUT2D eigenvalue weighted by atomic mass is 32.2. The van der Waals surface area contributed by atoms with E-state index < -0.39 is 0 Å². The van der Waals surface area contributed by atoms with Crippen molar-refractivity contribution in [3.8, 4) is 11.6 Å². The number of hydrogen-bond acceptors (Lipinski definition) is 5. The van der Waals surface area contributed by atoms with Gasteiger partial charge in [0.2, 0.25) is 5.91 Å². The van der Waals surface area contributed by atoms with Gasteiger partial charge in [0, 0.05) is 13.1 Å². The molecule has 0 aliphatic heterocycles. The first-order valence-electron chi connectivity index (χ1n) is 8.87. The van der Waals surface area contributed by atoms with E-state index in [9.17, 15) is 4.79 Å². The van der Waals surface area contributed by atoms with E-state index in [4.69, 9.17) is 4.42 Å². The molecular formula is C18H26N4O2S. The highest BCUT2D eigenvalue weighted by Crippen LogP contribution is 2.30. The van der Waals surface area contributed by atoms with Gasteiger partial charge < -0.3 is 14.3 Å². The molecule has 6 nitrogen and oxygen atoms in total. The first-order chi connectivity index (χ1) is 12.0. The maximum Gasteiger partial charge on any atom is 0.233 e. The third-order valence-corrected chi connectivity index (χ3v) is 6.40. The summed E-state index contributed by atoms with van der Waals surface area (Å²) in [5, 5.41) is 12.1. The van der Waals surface area contributed by atoms with Gasteiger partial charge in [0.1, 0.15) is 0 Å². The quantitative estimate of drug-likeness (QED) is 0.824. The topological polar surface area (TPSA) is 73.0 Å². The molecule has 1 fully saturated rings. The molecule has 2 aromatic rings. The molecule has 0 unspecified atom stereocenters. The molecule has 2 heterocycles. The molecule has 0 saturated heterocycles. The summed E-state index contributed by atoms with van der Waals surface area (Å²) >= 11 is 1.42. The molecule has 0 bridgehead atoms. The molecule has 4 atom stereocenters. The normalized spacial score (nSPS) is 24.9. The third kappa shape index (κ3) is 3.92. The van der Waals surface area contributed by atoms with Crippen molar-refractivity contribution in [2.75, 3.05) is 0 Å². The number of rotatable bonds is 5. The maximum atomic E-state index is 12.6. The van der Waals surface area contributed by atoms with Crippen LogP contribution in [0.3, 0.4) is 0 Å². The Hall–Kier alpha value is -1.76. The van der Waals surface area contributed by atoms with E-state index in [0.29, 0.717) is 28.6 Å². The van der Waals surface area contributed by atoms with Crippen LogP contribution < -0.4 is 5.32 Å². The van der Waals surface area contributed by atoms with Gasteiger partial charge in [0.05, 0.1) is 11.5 Å². The molecule has 0 aromatic carbocycles. The number of carbonyl (C=O) groups is 1. The number of hydrogen-bond donors (Lipinski definition) is 1. The van der Waals surface area contributed by atoms with Gasteiger partial charge in [-0.15, -0.1) is 10.2 Å². The highest BCUT2D eigenvalue weighted by Gasteiger charge is 2.30. The summed E-state index contributed by atoms with van der Waals surface area (Å²) in [5.41, 5.74) is 0. The van der Waals surface area contributed by atoms with E-state index >= 15 is 0 Å². The van der Waals surface area contributed by atoms with Crippen LogP contribution >= 0.6 is 11.8 Å². The fraction of sp³-hybridized carbons (Fsp3) is 0.611. The molecule has 1 N–H and O–H groups in total. The SMILES string of the molecule is C[C@@H]1[C@@H](C)CCC[C@H]1NC(=O)[C@@H](C)Sc1nnc(-c2ccco2)n1C. The summed E-state index contributed by atoms with van der Waals surface area (Å²) in [7, 11) is 1.88. The van der Waals surface area contributed by atoms with Gasteiger partial charge in [-0.05, 0) is 37.3 Å². The standard InChI is InChI=1S/C18H26N4O2S/c1-11-7-5-8-14(12(11)2)19-17(23)13(3)25-18-21-20-16(22(18)4)15-9-6-10-24-15/h6,9-14H,5,7-8H2,1-4H3,(H,19,23)/t11-,12+,13+,14+/m0/s1. The highest BCUT2D eigenvalue weighted by molar-refractivity contribution is 8.00. The van der Waals surface area contributed by atoms with Crippen LogP contribution in [0.2, 0.25) is 0 Å². The lowest BCUT2D eigenvalue weighted by Crippen LogP contribution is -2.46.